The van der Waals surface area contributed by atoms with Gasteiger partial charge in [-0.1, -0.05) is 30.3 Å². The first-order valence-corrected chi connectivity index (χ1v) is 8.80. The molecule has 0 atom stereocenters. The predicted molar refractivity (Wildman–Crippen MR) is 87.5 cm³/mol. The molecule has 2 nitrogen and oxygen atoms in total. The van der Waals surface area contributed by atoms with E-state index in [9.17, 15) is 0 Å². The van der Waals surface area contributed by atoms with Gasteiger partial charge in [0.2, 0.25) is 0 Å². The molecule has 2 aliphatic carbocycles. The Bertz CT molecular complexity index is 468. The minimum atomic E-state index is 0.353. The van der Waals surface area contributed by atoms with Crippen molar-refractivity contribution in [2.45, 2.75) is 43.9 Å². The zero-order chi connectivity index (χ0) is 14.2. The Labute approximate surface area is 128 Å². The van der Waals surface area contributed by atoms with Crippen molar-refractivity contribution in [2.24, 2.45) is 11.3 Å². The molecule has 1 saturated heterocycles. The second-order valence-corrected chi connectivity index (χ2v) is 7.64. The highest BCUT2D eigenvalue weighted by molar-refractivity contribution is 5.27. The number of benzene rings is 1. The summed E-state index contributed by atoms with van der Waals surface area (Å²) in [6, 6.07) is 11.2. The number of hydrogen-bond donors (Lipinski definition) is 2. The highest BCUT2D eigenvalue weighted by Gasteiger charge is 2.53. The summed E-state index contributed by atoms with van der Waals surface area (Å²) >= 11 is 0. The molecule has 0 spiro atoms. The van der Waals surface area contributed by atoms with Crippen molar-refractivity contribution in [1.29, 1.82) is 0 Å². The van der Waals surface area contributed by atoms with E-state index in [0.717, 1.165) is 25.6 Å². The number of nitrogens with one attached hydrogen (secondary N) is 2. The molecule has 0 unspecified atom stereocenters. The summed E-state index contributed by atoms with van der Waals surface area (Å²) in [6.45, 7) is 4.74. The average Bonchev–Trinajstić information content (AvgIpc) is 3.42. The van der Waals surface area contributed by atoms with E-state index in [4.69, 9.17) is 0 Å². The lowest BCUT2D eigenvalue weighted by atomic mass is 9.73. The molecule has 1 aromatic rings. The van der Waals surface area contributed by atoms with Gasteiger partial charge in [0, 0.05) is 18.5 Å². The maximum atomic E-state index is 3.89. The summed E-state index contributed by atoms with van der Waals surface area (Å²) in [5, 5.41) is 7.42. The van der Waals surface area contributed by atoms with Gasteiger partial charge in [0.25, 0.3) is 0 Å². The van der Waals surface area contributed by atoms with E-state index < -0.39 is 0 Å². The molecule has 114 valence electrons. The largest absolute Gasteiger partial charge is 0.317 e. The summed E-state index contributed by atoms with van der Waals surface area (Å²) in [7, 11) is 0. The fourth-order valence-corrected chi connectivity index (χ4v) is 4.40. The number of hydrogen-bond acceptors (Lipinski definition) is 2. The second kappa shape index (κ2) is 5.40. The summed E-state index contributed by atoms with van der Waals surface area (Å²) in [4.78, 5) is 0. The SMILES string of the molecule is c1ccc(C2(CNCC3(C4CC4)CC3)CCNCC2)cc1. The van der Waals surface area contributed by atoms with Gasteiger partial charge < -0.3 is 10.6 Å². The summed E-state index contributed by atoms with van der Waals surface area (Å²) in [5.41, 5.74) is 2.60. The van der Waals surface area contributed by atoms with Gasteiger partial charge in [0.15, 0.2) is 0 Å². The van der Waals surface area contributed by atoms with Crippen molar-refractivity contribution in [3.8, 4) is 0 Å². The lowest BCUT2D eigenvalue weighted by Crippen LogP contribution is -2.47. The van der Waals surface area contributed by atoms with Gasteiger partial charge in [-0.05, 0) is 68.5 Å². The molecule has 0 aromatic heterocycles. The molecule has 0 amide bonds. The van der Waals surface area contributed by atoms with Crippen LogP contribution in [0.5, 0.6) is 0 Å². The fraction of sp³-hybridized carbons (Fsp3) is 0.684. The van der Waals surface area contributed by atoms with Crippen LogP contribution in [0.4, 0.5) is 0 Å². The van der Waals surface area contributed by atoms with Gasteiger partial charge in [-0.25, -0.2) is 0 Å². The van der Waals surface area contributed by atoms with Crippen LogP contribution in [-0.4, -0.2) is 26.2 Å². The van der Waals surface area contributed by atoms with Crippen LogP contribution < -0.4 is 10.6 Å². The van der Waals surface area contributed by atoms with Crippen LogP contribution in [-0.2, 0) is 5.41 Å². The minimum Gasteiger partial charge on any atom is -0.317 e. The molecule has 3 fully saturated rings. The van der Waals surface area contributed by atoms with Crippen LogP contribution in [0.15, 0.2) is 30.3 Å². The molecule has 2 heteroatoms. The Kier molecular flexibility index (Phi) is 3.55. The van der Waals surface area contributed by atoms with Crippen molar-refractivity contribution in [3.63, 3.8) is 0 Å². The first kappa shape index (κ1) is 13.8. The normalized spacial score (nSPS) is 26.5. The molecular formula is C19H28N2. The van der Waals surface area contributed by atoms with E-state index in [1.807, 2.05) is 0 Å². The van der Waals surface area contributed by atoms with Crippen LogP contribution in [0.2, 0.25) is 0 Å². The smallest absolute Gasteiger partial charge is 0.0102 e. The molecular weight excluding hydrogens is 256 g/mol. The third-order valence-electron chi connectivity index (χ3n) is 6.22. The van der Waals surface area contributed by atoms with Crippen LogP contribution in [0.3, 0.4) is 0 Å². The molecule has 0 radical (unpaired) electrons. The van der Waals surface area contributed by atoms with Gasteiger partial charge >= 0.3 is 0 Å². The molecule has 0 bridgehead atoms. The predicted octanol–water partition coefficient (Wildman–Crippen LogP) is 3.09. The Hall–Kier alpha value is -0.860. The second-order valence-electron chi connectivity index (χ2n) is 7.64. The molecule has 21 heavy (non-hydrogen) atoms. The van der Waals surface area contributed by atoms with E-state index in [2.05, 4.69) is 41.0 Å². The van der Waals surface area contributed by atoms with Crippen LogP contribution in [0.1, 0.15) is 44.1 Å². The monoisotopic (exact) mass is 284 g/mol. The lowest BCUT2D eigenvalue weighted by molar-refractivity contribution is 0.279. The molecule has 1 aliphatic heterocycles. The Morgan fingerprint density at radius 1 is 0.952 bits per heavy atom. The van der Waals surface area contributed by atoms with E-state index in [-0.39, 0.29) is 0 Å². The highest BCUT2D eigenvalue weighted by atomic mass is 14.9. The van der Waals surface area contributed by atoms with Crippen LogP contribution >= 0.6 is 0 Å². The van der Waals surface area contributed by atoms with Gasteiger partial charge in [-0.3, -0.25) is 0 Å². The molecule has 1 aromatic carbocycles. The third kappa shape index (κ3) is 2.76. The number of piperidine rings is 1. The van der Waals surface area contributed by atoms with E-state index in [0.29, 0.717) is 10.8 Å². The van der Waals surface area contributed by atoms with E-state index >= 15 is 0 Å². The molecule has 2 N–H and O–H groups in total. The summed E-state index contributed by atoms with van der Waals surface area (Å²) in [6.07, 6.45) is 8.47. The maximum absolute atomic E-state index is 3.89. The molecule has 1 heterocycles. The van der Waals surface area contributed by atoms with Gasteiger partial charge in [-0.2, -0.15) is 0 Å². The van der Waals surface area contributed by atoms with E-state index in [1.165, 1.54) is 50.6 Å². The zero-order valence-electron chi connectivity index (χ0n) is 13.0. The minimum absolute atomic E-state index is 0.353. The van der Waals surface area contributed by atoms with Crippen molar-refractivity contribution in [1.82, 2.24) is 10.6 Å². The molecule has 2 saturated carbocycles. The van der Waals surface area contributed by atoms with E-state index in [1.54, 1.807) is 0 Å². The summed E-state index contributed by atoms with van der Waals surface area (Å²) in [5.74, 6) is 1.06. The Balaban J connectivity index is 1.43. The third-order valence-corrected chi connectivity index (χ3v) is 6.22. The van der Waals surface area contributed by atoms with Gasteiger partial charge in [0.05, 0.1) is 0 Å². The first-order chi connectivity index (χ1) is 10.3. The fourth-order valence-electron chi connectivity index (χ4n) is 4.40. The van der Waals surface area contributed by atoms with Crippen LogP contribution in [0, 0.1) is 11.3 Å². The standard InChI is InChI=1S/C19H28N2/c1-2-4-16(5-3-1)19(10-12-20-13-11-19)15-21-14-18(8-9-18)17-6-7-17/h1-5,17,20-21H,6-15H2. The summed E-state index contributed by atoms with van der Waals surface area (Å²) < 4.78 is 0. The van der Waals surface area contributed by atoms with Crippen molar-refractivity contribution >= 4 is 0 Å². The van der Waals surface area contributed by atoms with Crippen molar-refractivity contribution in [2.75, 3.05) is 26.2 Å². The quantitative estimate of drug-likeness (QED) is 0.839. The topological polar surface area (TPSA) is 24.1 Å². The van der Waals surface area contributed by atoms with Crippen molar-refractivity contribution < 1.29 is 0 Å². The Morgan fingerprint density at radius 3 is 2.29 bits per heavy atom. The van der Waals surface area contributed by atoms with Crippen LogP contribution in [0.25, 0.3) is 0 Å². The first-order valence-electron chi connectivity index (χ1n) is 8.80. The maximum Gasteiger partial charge on any atom is 0.0102 e. The Morgan fingerprint density at radius 2 is 1.67 bits per heavy atom. The average molecular weight is 284 g/mol. The van der Waals surface area contributed by atoms with Gasteiger partial charge in [0.1, 0.15) is 0 Å². The van der Waals surface area contributed by atoms with Gasteiger partial charge in [-0.15, -0.1) is 0 Å². The van der Waals surface area contributed by atoms with Crippen molar-refractivity contribution in [3.05, 3.63) is 35.9 Å². The number of rotatable bonds is 6. The zero-order valence-corrected chi connectivity index (χ0v) is 13.0. The molecule has 4 rings (SSSR count). The molecule has 3 aliphatic rings. The highest BCUT2D eigenvalue weighted by Crippen LogP contribution is 2.60. The lowest BCUT2D eigenvalue weighted by Gasteiger charge is -2.39.